The molecule has 0 aromatic carbocycles. The van der Waals surface area contributed by atoms with E-state index in [1.165, 1.54) is 4.31 Å². The third-order valence-electron chi connectivity index (χ3n) is 3.08. The van der Waals surface area contributed by atoms with E-state index in [9.17, 15) is 13.2 Å². The van der Waals surface area contributed by atoms with Crippen molar-refractivity contribution >= 4 is 16.3 Å². The Morgan fingerprint density at radius 2 is 1.95 bits per heavy atom. The van der Waals surface area contributed by atoms with Crippen LogP contribution >= 0.6 is 0 Å². The highest BCUT2D eigenvalue weighted by Crippen LogP contribution is 2.11. The maximum atomic E-state index is 11.9. The van der Waals surface area contributed by atoms with Crippen molar-refractivity contribution in [2.24, 2.45) is 0 Å². The Balaban J connectivity index is 2.56. The molecule has 9 heteroatoms. The van der Waals surface area contributed by atoms with E-state index in [0.29, 0.717) is 19.5 Å². The SMILES string of the molecule is CCOC(=O)NS(=O)(=O)N1CCN(C(C#N)CC)CC1. The van der Waals surface area contributed by atoms with E-state index in [2.05, 4.69) is 10.8 Å². The monoisotopic (exact) mass is 304 g/mol. The number of hydrogen-bond donors (Lipinski definition) is 1. The van der Waals surface area contributed by atoms with Crippen LogP contribution in [0.4, 0.5) is 4.79 Å². The number of nitriles is 1. The third-order valence-corrected chi connectivity index (χ3v) is 4.55. The number of amides is 1. The number of piperazine rings is 1. The Labute approximate surface area is 119 Å². The van der Waals surface area contributed by atoms with Gasteiger partial charge in [-0.3, -0.25) is 4.90 Å². The summed E-state index contributed by atoms with van der Waals surface area (Å²) in [4.78, 5) is 13.1. The van der Waals surface area contributed by atoms with Crippen molar-refractivity contribution in [2.75, 3.05) is 32.8 Å². The third kappa shape index (κ3) is 4.33. The van der Waals surface area contributed by atoms with Gasteiger partial charge in [-0.15, -0.1) is 0 Å². The number of carbonyl (C=O) groups is 1. The zero-order valence-corrected chi connectivity index (χ0v) is 12.5. The first-order valence-corrected chi connectivity index (χ1v) is 7.96. The van der Waals surface area contributed by atoms with Crippen LogP contribution in [0.3, 0.4) is 0 Å². The molecule has 1 aliphatic rings. The topological polar surface area (TPSA) is 103 Å². The van der Waals surface area contributed by atoms with Crippen LogP contribution in [0.5, 0.6) is 0 Å². The summed E-state index contributed by atoms with van der Waals surface area (Å²) in [5, 5.41) is 8.98. The van der Waals surface area contributed by atoms with E-state index in [4.69, 9.17) is 5.26 Å². The Hall–Kier alpha value is -1.37. The van der Waals surface area contributed by atoms with Gasteiger partial charge in [0, 0.05) is 26.2 Å². The van der Waals surface area contributed by atoms with E-state index in [0.717, 1.165) is 0 Å². The van der Waals surface area contributed by atoms with Crippen LogP contribution in [0.15, 0.2) is 0 Å². The fourth-order valence-corrected chi connectivity index (χ4v) is 3.06. The quantitative estimate of drug-likeness (QED) is 0.760. The van der Waals surface area contributed by atoms with Gasteiger partial charge >= 0.3 is 16.3 Å². The van der Waals surface area contributed by atoms with Crippen molar-refractivity contribution < 1.29 is 17.9 Å². The highest BCUT2D eigenvalue weighted by molar-refractivity contribution is 7.87. The number of carbonyl (C=O) groups excluding carboxylic acids is 1. The van der Waals surface area contributed by atoms with Crippen LogP contribution in [0, 0.1) is 11.3 Å². The minimum Gasteiger partial charge on any atom is -0.449 e. The van der Waals surface area contributed by atoms with Gasteiger partial charge in [0.05, 0.1) is 18.7 Å². The largest absolute Gasteiger partial charge is 0.449 e. The van der Waals surface area contributed by atoms with Crippen molar-refractivity contribution in [3.05, 3.63) is 0 Å². The molecule has 0 spiro atoms. The molecular formula is C11H20N4O4S. The molecule has 0 aromatic heterocycles. The van der Waals surface area contributed by atoms with Gasteiger partial charge in [0.1, 0.15) is 0 Å². The van der Waals surface area contributed by atoms with Gasteiger partial charge in [0.2, 0.25) is 0 Å². The number of nitrogens with zero attached hydrogens (tertiary/aromatic N) is 3. The molecule has 1 N–H and O–H groups in total. The molecule has 0 radical (unpaired) electrons. The summed E-state index contributed by atoms with van der Waals surface area (Å²) in [7, 11) is -3.87. The van der Waals surface area contributed by atoms with Gasteiger partial charge in [-0.2, -0.15) is 18.0 Å². The zero-order valence-electron chi connectivity index (χ0n) is 11.7. The van der Waals surface area contributed by atoms with E-state index in [1.54, 1.807) is 6.92 Å². The van der Waals surface area contributed by atoms with Crippen molar-refractivity contribution in [1.82, 2.24) is 13.9 Å². The van der Waals surface area contributed by atoms with Gasteiger partial charge in [-0.25, -0.2) is 9.52 Å². The van der Waals surface area contributed by atoms with Gasteiger partial charge in [0.15, 0.2) is 0 Å². The first-order valence-electron chi connectivity index (χ1n) is 6.52. The molecule has 1 aliphatic heterocycles. The highest BCUT2D eigenvalue weighted by atomic mass is 32.2. The van der Waals surface area contributed by atoms with Crippen LogP contribution in [0.25, 0.3) is 0 Å². The molecule has 0 saturated carbocycles. The second kappa shape index (κ2) is 7.42. The summed E-state index contributed by atoms with van der Waals surface area (Å²) in [6.45, 7) is 5.04. The highest BCUT2D eigenvalue weighted by Gasteiger charge is 2.30. The molecule has 1 atom stereocenters. The molecule has 0 bridgehead atoms. The van der Waals surface area contributed by atoms with E-state index < -0.39 is 16.3 Å². The summed E-state index contributed by atoms with van der Waals surface area (Å²) in [5.74, 6) is 0. The zero-order chi connectivity index (χ0) is 15.2. The Morgan fingerprint density at radius 1 is 1.35 bits per heavy atom. The summed E-state index contributed by atoms with van der Waals surface area (Å²) in [5.41, 5.74) is 0. The van der Waals surface area contributed by atoms with Crippen molar-refractivity contribution in [2.45, 2.75) is 26.3 Å². The Kier molecular flexibility index (Phi) is 6.19. The smallest absolute Gasteiger partial charge is 0.421 e. The summed E-state index contributed by atoms with van der Waals surface area (Å²) >= 11 is 0. The molecule has 20 heavy (non-hydrogen) atoms. The Bertz CT molecular complexity index is 465. The standard InChI is InChI=1S/C11H20N4O4S/c1-3-10(9-12)14-5-7-15(8-6-14)20(17,18)13-11(16)19-4-2/h10H,3-8H2,1-2H3,(H,13,16). The van der Waals surface area contributed by atoms with Crippen LogP contribution in [-0.4, -0.2) is 62.5 Å². The molecule has 1 amide bonds. The predicted molar refractivity (Wildman–Crippen MR) is 71.9 cm³/mol. The molecule has 8 nitrogen and oxygen atoms in total. The average Bonchev–Trinajstić information content (AvgIpc) is 2.40. The number of rotatable bonds is 5. The van der Waals surface area contributed by atoms with Crippen molar-refractivity contribution in [3.63, 3.8) is 0 Å². The fourth-order valence-electron chi connectivity index (χ4n) is 2.02. The summed E-state index contributed by atoms with van der Waals surface area (Å²) in [6, 6.07) is 2.00. The number of nitrogens with one attached hydrogen (secondary N) is 1. The van der Waals surface area contributed by atoms with Gasteiger partial charge in [-0.05, 0) is 13.3 Å². The van der Waals surface area contributed by atoms with Gasteiger partial charge in [0.25, 0.3) is 0 Å². The molecule has 1 saturated heterocycles. The summed E-state index contributed by atoms with van der Waals surface area (Å²) < 4.78 is 31.4. The van der Waals surface area contributed by atoms with E-state index in [-0.39, 0.29) is 25.7 Å². The van der Waals surface area contributed by atoms with Crippen LogP contribution < -0.4 is 4.72 Å². The first-order chi connectivity index (χ1) is 9.44. The Morgan fingerprint density at radius 3 is 2.40 bits per heavy atom. The predicted octanol–water partition coefficient (Wildman–Crippen LogP) is -0.103. The maximum absolute atomic E-state index is 11.9. The second-order valence-electron chi connectivity index (χ2n) is 4.32. The minimum atomic E-state index is -3.87. The molecular weight excluding hydrogens is 284 g/mol. The second-order valence-corrected chi connectivity index (χ2v) is 5.99. The molecule has 0 aromatic rings. The lowest BCUT2D eigenvalue weighted by Gasteiger charge is -2.35. The lowest BCUT2D eigenvalue weighted by atomic mass is 10.2. The molecule has 1 rings (SSSR count). The number of ether oxygens (including phenoxy) is 1. The van der Waals surface area contributed by atoms with Crippen molar-refractivity contribution in [3.8, 4) is 6.07 Å². The lowest BCUT2D eigenvalue weighted by molar-refractivity contribution is 0.150. The van der Waals surface area contributed by atoms with E-state index >= 15 is 0 Å². The molecule has 1 fully saturated rings. The summed E-state index contributed by atoms with van der Waals surface area (Å²) in [6.07, 6.45) is -0.275. The molecule has 1 heterocycles. The maximum Gasteiger partial charge on any atom is 0.421 e. The lowest BCUT2D eigenvalue weighted by Crippen LogP contribution is -2.54. The van der Waals surface area contributed by atoms with Crippen molar-refractivity contribution in [1.29, 1.82) is 5.26 Å². The normalized spacial score (nSPS) is 19.1. The fraction of sp³-hybridized carbons (Fsp3) is 0.818. The minimum absolute atomic E-state index is 0.107. The molecule has 1 unspecified atom stereocenters. The first kappa shape index (κ1) is 16.7. The van der Waals surface area contributed by atoms with E-state index in [1.807, 2.05) is 16.5 Å². The average molecular weight is 304 g/mol. The van der Waals surface area contributed by atoms with Crippen LogP contribution in [0.1, 0.15) is 20.3 Å². The van der Waals surface area contributed by atoms with Gasteiger partial charge < -0.3 is 4.74 Å². The van der Waals surface area contributed by atoms with Crippen LogP contribution in [-0.2, 0) is 14.9 Å². The molecule has 114 valence electrons. The van der Waals surface area contributed by atoms with Gasteiger partial charge in [-0.1, -0.05) is 6.92 Å². The van der Waals surface area contributed by atoms with Crippen LogP contribution in [0.2, 0.25) is 0 Å². The number of hydrogen-bond acceptors (Lipinski definition) is 6. The molecule has 0 aliphatic carbocycles.